The number of benzene rings is 2. The van der Waals surface area contributed by atoms with Gasteiger partial charge in [0.05, 0.1) is 0 Å². The first-order valence-electron chi connectivity index (χ1n) is 5.85. The Balaban J connectivity index is 0.000001000. The van der Waals surface area contributed by atoms with E-state index in [0.29, 0.717) is 6.54 Å². The van der Waals surface area contributed by atoms with Crippen molar-refractivity contribution in [1.29, 1.82) is 0 Å². The largest absolute Gasteiger partial charge is 1.00 e. The first kappa shape index (κ1) is 18.6. The van der Waals surface area contributed by atoms with Gasteiger partial charge in [0, 0.05) is 28.4 Å². The van der Waals surface area contributed by atoms with Crippen LogP contribution in [0.3, 0.4) is 0 Å². The van der Waals surface area contributed by atoms with Crippen LogP contribution in [-0.2, 0) is 6.54 Å². The van der Waals surface area contributed by atoms with E-state index in [1.54, 1.807) is 0 Å². The number of hydrogen-bond acceptors (Lipinski definition) is 2. The molecule has 6 heteroatoms. The number of rotatable bonds is 3. The Morgan fingerprint density at radius 1 is 0.800 bits per heavy atom. The van der Waals surface area contributed by atoms with Crippen LogP contribution >= 0.6 is 8.38 Å². The summed E-state index contributed by atoms with van der Waals surface area (Å²) in [6.45, 7) is 0.507. The van der Waals surface area contributed by atoms with Gasteiger partial charge < -0.3 is 22.7 Å². The Labute approximate surface area is 163 Å². The molecule has 20 heavy (non-hydrogen) atoms. The predicted molar refractivity (Wildman–Crippen MR) is 71.2 cm³/mol. The zero-order valence-electron chi connectivity index (χ0n) is 11.7. The predicted octanol–water partition coefficient (Wildman–Crippen LogP) is -4.16. The molecule has 0 atom stereocenters. The average Bonchev–Trinajstić information content (AvgIpc) is 2.71. The van der Waals surface area contributed by atoms with E-state index >= 15 is 0 Å². The molecule has 0 saturated carbocycles. The Morgan fingerprint density at radius 3 is 1.70 bits per heavy atom. The molecular weight excluding hydrogens is 291 g/mol. The van der Waals surface area contributed by atoms with E-state index < -0.39 is 8.38 Å². The minimum Gasteiger partial charge on any atom is -0.841 e. The fourth-order valence-electron chi connectivity index (χ4n) is 2.43. The third kappa shape index (κ3) is 3.67. The second-order valence-electron chi connectivity index (χ2n) is 4.24. The summed E-state index contributed by atoms with van der Waals surface area (Å²) in [4.78, 5) is 21.6. The van der Waals surface area contributed by atoms with Gasteiger partial charge in [0.1, 0.15) is 0 Å². The number of aromatic nitrogens is 1. The Kier molecular flexibility index (Phi) is 7.72. The summed E-state index contributed by atoms with van der Waals surface area (Å²) >= 11 is 0. The molecule has 0 aliphatic rings. The van der Waals surface area contributed by atoms with Gasteiger partial charge in [-0.25, -0.2) is 0 Å². The second-order valence-corrected chi connectivity index (χ2v) is 5.35. The molecular formula is C14H12NNa2O2P. The number of nitrogens with zero attached hydrogens (tertiary/aromatic N) is 1. The zero-order valence-corrected chi connectivity index (χ0v) is 16.6. The van der Waals surface area contributed by atoms with Crippen LogP contribution in [0.1, 0.15) is 0 Å². The molecule has 1 heterocycles. The fraction of sp³-hybridized carbons (Fsp3) is 0.143. The summed E-state index contributed by atoms with van der Waals surface area (Å²) in [5, 5.41) is 2.35. The molecule has 0 bridgehead atoms. The van der Waals surface area contributed by atoms with Gasteiger partial charge in [0.15, 0.2) is 0 Å². The number of aryl methyl sites for hydroxylation is 1. The van der Waals surface area contributed by atoms with Crippen molar-refractivity contribution >= 4 is 30.2 Å². The van der Waals surface area contributed by atoms with Crippen LogP contribution in [0.5, 0.6) is 0 Å². The van der Waals surface area contributed by atoms with Crippen molar-refractivity contribution in [3.8, 4) is 0 Å². The third-order valence-electron chi connectivity index (χ3n) is 3.19. The molecule has 3 rings (SSSR count). The molecule has 0 radical (unpaired) electrons. The van der Waals surface area contributed by atoms with E-state index in [1.165, 1.54) is 10.8 Å². The van der Waals surface area contributed by atoms with Crippen LogP contribution in [0.4, 0.5) is 0 Å². The van der Waals surface area contributed by atoms with E-state index in [2.05, 4.69) is 16.7 Å². The summed E-state index contributed by atoms with van der Waals surface area (Å²) in [7, 11) is -2.34. The van der Waals surface area contributed by atoms with Gasteiger partial charge in [-0.3, -0.25) is 0 Å². The van der Waals surface area contributed by atoms with Crippen LogP contribution < -0.4 is 68.9 Å². The Morgan fingerprint density at radius 2 is 1.25 bits per heavy atom. The molecule has 0 unspecified atom stereocenters. The Hall–Kier alpha value is 0.590. The maximum atomic E-state index is 10.8. The summed E-state index contributed by atoms with van der Waals surface area (Å²) in [5.74, 6) is 0. The van der Waals surface area contributed by atoms with Gasteiger partial charge >= 0.3 is 59.1 Å². The van der Waals surface area contributed by atoms with Crippen LogP contribution in [0.15, 0.2) is 48.5 Å². The normalized spacial score (nSPS) is 10.6. The van der Waals surface area contributed by atoms with Crippen LogP contribution in [-0.4, -0.2) is 10.7 Å². The Bertz CT molecular complexity index is 647. The molecule has 0 N–H and O–H groups in total. The number of para-hydroxylation sites is 2. The summed E-state index contributed by atoms with van der Waals surface area (Å²) in [6.07, 6.45) is 0.179. The molecule has 0 spiro atoms. The standard InChI is InChI=1S/C14H12NO2P.2Na/c16-18(17)10-9-15-13-7-3-1-5-11(13)12-6-2-4-8-14(12)15;;/h1-8H,9-10H2;;/q-2;2*+1. The first-order valence-corrected chi connectivity index (χ1v) is 7.21. The maximum absolute atomic E-state index is 10.8. The van der Waals surface area contributed by atoms with Gasteiger partial charge in [0.25, 0.3) is 0 Å². The summed E-state index contributed by atoms with van der Waals surface area (Å²) < 4.78 is 2.08. The van der Waals surface area contributed by atoms with Gasteiger partial charge in [-0.15, -0.1) is 0 Å². The van der Waals surface area contributed by atoms with Crippen molar-refractivity contribution in [2.24, 2.45) is 0 Å². The van der Waals surface area contributed by atoms with Gasteiger partial charge in [-0.05, 0) is 18.3 Å². The molecule has 0 aliphatic carbocycles. The third-order valence-corrected chi connectivity index (χ3v) is 3.75. The molecule has 3 aromatic rings. The zero-order chi connectivity index (χ0) is 12.5. The van der Waals surface area contributed by atoms with Crippen LogP contribution in [0.25, 0.3) is 21.8 Å². The second kappa shape index (κ2) is 8.28. The van der Waals surface area contributed by atoms with E-state index in [4.69, 9.17) is 0 Å². The van der Waals surface area contributed by atoms with Crippen LogP contribution in [0.2, 0.25) is 0 Å². The molecule has 0 fully saturated rings. The summed E-state index contributed by atoms with van der Waals surface area (Å²) in [5.41, 5.74) is 2.19. The molecule has 0 saturated heterocycles. The van der Waals surface area contributed by atoms with Gasteiger partial charge in [-0.2, -0.15) is 0 Å². The van der Waals surface area contributed by atoms with Crippen molar-refractivity contribution in [3.63, 3.8) is 0 Å². The first-order chi connectivity index (χ1) is 8.77. The van der Waals surface area contributed by atoms with E-state index in [9.17, 15) is 9.79 Å². The maximum Gasteiger partial charge on any atom is 1.00 e. The molecule has 92 valence electrons. The molecule has 0 amide bonds. The minimum absolute atomic E-state index is 0. The smallest absolute Gasteiger partial charge is 0.841 e. The van der Waals surface area contributed by atoms with Gasteiger partial charge in [0.2, 0.25) is 0 Å². The van der Waals surface area contributed by atoms with Crippen molar-refractivity contribution < 1.29 is 68.9 Å². The number of fused-ring (bicyclic) bond motifs is 3. The molecule has 0 aliphatic heterocycles. The van der Waals surface area contributed by atoms with Crippen molar-refractivity contribution in [3.05, 3.63) is 48.5 Å². The molecule has 2 aromatic carbocycles. The van der Waals surface area contributed by atoms with Crippen molar-refractivity contribution in [2.45, 2.75) is 6.54 Å². The summed E-state index contributed by atoms with van der Waals surface area (Å²) in [6, 6.07) is 16.2. The monoisotopic (exact) mass is 303 g/mol. The van der Waals surface area contributed by atoms with E-state index in [1.807, 2.05) is 36.4 Å². The van der Waals surface area contributed by atoms with Crippen molar-refractivity contribution in [2.75, 3.05) is 6.16 Å². The van der Waals surface area contributed by atoms with E-state index in [0.717, 1.165) is 11.0 Å². The number of hydrogen-bond donors (Lipinski definition) is 0. The quantitative estimate of drug-likeness (QED) is 0.364. The average molecular weight is 303 g/mol. The fourth-order valence-corrected chi connectivity index (χ4v) is 2.79. The minimum atomic E-state index is -2.34. The SMILES string of the molecule is [Na+].[Na+].[O-]P([O-])CCn1c2ccccc2c2ccccc21. The topological polar surface area (TPSA) is 51.0 Å². The van der Waals surface area contributed by atoms with Gasteiger partial charge in [-0.1, -0.05) is 36.4 Å². The molecule has 1 aromatic heterocycles. The molecule has 3 nitrogen and oxygen atoms in total. The van der Waals surface area contributed by atoms with Crippen molar-refractivity contribution in [1.82, 2.24) is 4.57 Å². The van der Waals surface area contributed by atoms with E-state index in [-0.39, 0.29) is 65.3 Å². The van der Waals surface area contributed by atoms with Crippen LogP contribution in [0, 0.1) is 0 Å².